The molecule has 78 valence electrons. The lowest BCUT2D eigenvalue weighted by atomic mass is 9.65. The van der Waals surface area contributed by atoms with Gasteiger partial charge in [0.05, 0.1) is 0 Å². The third kappa shape index (κ3) is 2.61. The number of carbonyl (C=O) groups excluding carboxylic acids is 1. The summed E-state index contributed by atoms with van der Waals surface area (Å²) >= 11 is 0. The van der Waals surface area contributed by atoms with Crippen molar-refractivity contribution in [1.82, 2.24) is 0 Å². The molecule has 0 spiro atoms. The van der Waals surface area contributed by atoms with Crippen LogP contribution < -0.4 is 0 Å². The first-order valence-electron chi connectivity index (χ1n) is 5.40. The number of hydrogen-bond acceptors (Lipinski definition) is 1. The summed E-state index contributed by atoms with van der Waals surface area (Å²) in [6.45, 7) is 6.74. The summed E-state index contributed by atoms with van der Waals surface area (Å²) in [7, 11) is 0. The molecule has 2 unspecified atom stereocenters. The molecular formula is C13H20O. The van der Waals surface area contributed by atoms with Crippen LogP contribution in [0.1, 0.15) is 46.5 Å². The zero-order valence-corrected chi connectivity index (χ0v) is 9.47. The van der Waals surface area contributed by atoms with E-state index in [-0.39, 0.29) is 5.41 Å². The molecule has 0 aromatic heterocycles. The van der Waals surface area contributed by atoms with Crippen LogP contribution in [0.3, 0.4) is 0 Å². The lowest BCUT2D eigenvalue weighted by Gasteiger charge is -2.39. The fourth-order valence-corrected chi connectivity index (χ4v) is 2.59. The summed E-state index contributed by atoms with van der Waals surface area (Å²) in [5.74, 6) is 4.13. The lowest BCUT2D eigenvalue weighted by molar-refractivity contribution is -0.123. The molecule has 0 N–H and O–H groups in total. The van der Waals surface area contributed by atoms with Gasteiger partial charge in [0.1, 0.15) is 5.78 Å². The van der Waals surface area contributed by atoms with Gasteiger partial charge >= 0.3 is 0 Å². The van der Waals surface area contributed by atoms with E-state index in [1.54, 1.807) is 0 Å². The van der Waals surface area contributed by atoms with Crippen LogP contribution in [0.2, 0.25) is 0 Å². The van der Waals surface area contributed by atoms with E-state index in [4.69, 9.17) is 6.42 Å². The van der Waals surface area contributed by atoms with Crippen LogP contribution in [0.4, 0.5) is 0 Å². The molecule has 0 aliphatic heterocycles. The van der Waals surface area contributed by atoms with Gasteiger partial charge in [-0.15, -0.1) is 12.3 Å². The zero-order valence-electron chi connectivity index (χ0n) is 9.47. The Morgan fingerprint density at radius 1 is 1.50 bits per heavy atom. The van der Waals surface area contributed by atoms with Crippen molar-refractivity contribution in [3.63, 3.8) is 0 Å². The number of ketones is 1. The summed E-state index contributed by atoms with van der Waals surface area (Å²) < 4.78 is 0. The lowest BCUT2D eigenvalue weighted by Crippen LogP contribution is -2.33. The van der Waals surface area contributed by atoms with Crippen molar-refractivity contribution >= 4 is 5.78 Å². The molecule has 0 amide bonds. The summed E-state index contributed by atoms with van der Waals surface area (Å²) in [5, 5.41) is 0. The SMILES string of the molecule is C#CCC1CC(=O)CCC1C(C)(C)C. The van der Waals surface area contributed by atoms with Crippen molar-refractivity contribution in [2.75, 3.05) is 0 Å². The van der Waals surface area contributed by atoms with Gasteiger partial charge in [-0.3, -0.25) is 4.79 Å². The minimum Gasteiger partial charge on any atom is -0.300 e. The molecule has 1 fully saturated rings. The van der Waals surface area contributed by atoms with Gasteiger partial charge in [0.15, 0.2) is 0 Å². The van der Waals surface area contributed by atoms with E-state index >= 15 is 0 Å². The number of rotatable bonds is 1. The van der Waals surface area contributed by atoms with E-state index in [9.17, 15) is 4.79 Å². The van der Waals surface area contributed by atoms with Crippen LogP contribution in [-0.2, 0) is 4.79 Å². The molecule has 1 heteroatoms. The number of Topliss-reactive ketones (excluding diaryl/α,β-unsaturated/α-hetero) is 1. The molecule has 0 heterocycles. The Labute approximate surface area is 87.3 Å². The van der Waals surface area contributed by atoms with Gasteiger partial charge < -0.3 is 0 Å². The van der Waals surface area contributed by atoms with Crippen LogP contribution in [0.25, 0.3) is 0 Å². The second-order valence-corrected chi connectivity index (χ2v) is 5.42. The highest BCUT2D eigenvalue weighted by molar-refractivity contribution is 5.79. The summed E-state index contributed by atoms with van der Waals surface area (Å²) in [6, 6.07) is 0. The second-order valence-electron chi connectivity index (χ2n) is 5.42. The Bertz CT molecular complexity index is 251. The van der Waals surface area contributed by atoms with Crippen LogP contribution >= 0.6 is 0 Å². The number of carbonyl (C=O) groups is 1. The van der Waals surface area contributed by atoms with Gasteiger partial charge in [-0.25, -0.2) is 0 Å². The Hall–Kier alpha value is -0.770. The molecule has 2 atom stereocenters. The maximum absolute atomic E-state index is 11.4. The highest BCUT2D eigenvalue weighted by Crippen LogP contribution is 2.41. The fourth-order valence-electron chi connectivity index (χ4n) is 2.59. The van der Waals surface area contributed by atoms with Crippen molar-refractivity contribution < 1.29 is 4.79 Å². The van der Waals surface area contributed by atoms with Crippen molar-refractivity contribution in [3.05, 3.63) is 0 Å². The Kier molecular flexibility index (Phi) is 3.37. The largest absolute Gasteiger partial charge is 0.300 e. The van der Waals surface area contributed by atoms with Gasteiger partial charge in [0.2, 0.25) is 0 Å². The molecule has 1 saturated carbocycles. The minimum absolute atomic E-state index is 0.280. The molecule has 1 rings (SSSR count). The predicted molar refractivity (Wildman–Crippen MR) is 58.7 cm³/mol. The molecule has 0 aromatic rings. The average molecular weight is 192 g/mol. The van der Waals surface area contributed by atoms with E-state index in [1.807, 2.05) is 0 Å². The van der Waals surface area contributed by atoms with Crippen LogP contribution in [0, 0.1) is 29.6 Å². The Morgan fingerprint density at radius 2 is 2.14 bits per heavy atom. The van der Waals surface area contributed by atoms with Crippen molar-refractivity contribution in [2.45, 2.75) is 46.5 Å². The van der Waals surface area contributed by atoms with Gasteiger partial charge in [0, 0.05) is 19.3 Å². The molecule has 0 bridgehead atoms. The van der Waals surface area contributed by atoms with Gasteiger partial charge in [-0.1, -0.05) is 20.8 Å². The quantitative estimate of drug-likeness (QED) is 0.584. The minimum atomic E-state index is 0.280. The van der Waals surface area contributed by atoms with Crippen LogP contribution in [0.15, 0.2) is 0 Å². The Morgan fingerprint density at radius 3 is 2.64 bits per heavy atom. The third-order valence-electron chi connectivity index (χ3n) is 3.29. The highest BCUT2D eigenvalue weighted by atomic mass is 16.1. The van der Waals surface area contributed by atoms with Crippen molar-refractivity contribution in [3.8, 4) is 12.3 Å². The molecular weight excluding hydrogens is 172 g/mol. The predicted octanol–water partition coefficient (Wildman–Crippen LogP) is 3.04. The molecule has 1 nitrogen and oxygen atoms in total. The topological polar surface area (TPSA) is 17.1 Å². The van der Waals surface area contributed by atoms with Crippen molar-refractivity contribution in [1.29, 1.82) is 0 Å². The molecule has 0 radical (unpaired) electrons. The summed E-state index contributed by atoms with van der Waals surface area (Å²) in [5.41, 5.74) is 0.280. The standard InChI is InChI=1S/C13H20O/c1-5-6-10-9-11(14)7-8-12(10)13(2,3)4/h1,10,12H,6-9H2,2-4H3. The van der Waals surface area contributed by atoms with Gasteiger partial charge in [0.25, 0.3) is 0 Å². The maximum atomic E-state index is 11.4. The first-order valence-corrected chi connectivity index (χ1v) is 5.40. The normalized spacial score (nSPS) is 28.6. The van der Waals surface area contributed by atoms with Gasteiger partial charge in [-0.05, 0) is 23.7 Å². The molecule has 1 aliphatic rings. The first-order chi connectivity index (χ1) is 6.45. The summed E-state index contributed by atoms with van der Waals surface area (Å²) in [6.07, 6.45) is 8.58. The van der Waals surface area contributed by atoms with E-state index in [0.717, 1.165) is 19.3 Å². The number of hydrogen-bond donors (Lipinski definition) is 0. The molecule has 1 aliphatic carbocycles. The highest BCUT2D eigenvalue weighted by Gasteiger charge is 2.36. The maximum Gasteiger partial charge on any atom is 0.133 e. The average Bonchev–Trinajstić information content (AvgIpc) is 2.02. The second kappa shape index (κ2) is 4.17. The first kappa shape index (κ1) is 11.3. The van der Waals surface area contributed by atoms with Crippen LogP contribution in [0.5, 0.6) is 0 Å². The zero-order chi connectivity index (χ0) is 10.8. The Balaban J connectivity index is 2.73. The van der Waals surface area contributed by atoms with E-state index in [1.165, 1.54) is 0 Å². The van der Waals surface area contributed by atoms with Gasteiger partial charge in [-0.2, -0.15) is 0 Å². The molecule has 0 aromatic carbocycles. The third-order valence-corrected chi connectivity index (χ3v) is 3.29. The summed E-state index contributed by atoms with van der Waals surface area (Å²) in [4.78, 5) is 11.4. The fraction of sp³-hybridized carbons (Fsp3) is 0.769. The number of terminal acetylenes is 1. The molecule has 14 heavy (non-hydrogen) atoms. The van der Waals surface area contributed by atoms with E-state index in [0.29, 0.717) is 24.0 Å². The molecule has 0 saturated heterocycles. The van der Waals surface area contributed by atoms with E-state index in [2.05, 4.69) is 26.7 Å². The van der Waals surface area contributed by atoms with Crippen LogP contribution in [-0.4, -0.2) is 5.78 Å². The van der Waals surface area contributed by atoms with Crippen molar-refractivity contribution in [2.24, 2.45) is 17.3 Å². The monoisotopic (exact) mass is 192 g/mol. The van der Waals surface area contributed by atoms with E-state index < -0.39 is 0 Å². The smallest absolute Gasteiger partial charge is 0.133 e.